The second-order valence-electron chi connectivity index (χ2n) is 4.26. The van der Waals surface area contributed by atoms with Crippen molar-refractivity contribution < 1.29 is 14.6 Å². The number of para-hydroxylation sites is 2. The predicted octanol–water partition coefficient (Wildman–Crippen LogP) is 3.70. The van der Waals surface area contributed by atoms with Crippen LogP contribution in [0.4, 0.5) is 0 Å². The van der Waals surface area contributed by atoms with E-state index in [1.165, 1.54) is 11.8 Å². The van der Waals surface area contributed by atoms with E-state index in [0.29, 0.717) is 0 Å². The second-order valence-corrected chi connectivity index (χ2v) is 5.36. The zero-order valence-electron chi connectivity index (χ0n) is 10.1. The van der Waals surface area contributed by atoms with Crippen molar-refractivity contribution in [2.24, 2.45) is 0 Å². The Hall–Kier alpha value is -1.94. The Morgan fingerprint density at radius 3 is 2.11 bits per heavy atom. The van der Waals surface area contributed by atoms with Crippen LogP contribution in [0.5, 0.6) is 11.5 Å². The fraction of sp³-hybridized carbons (Fsp3) is 0.133. The normalized spacial score (nSPS) is 13.3. The Labute approximate surface area is 115 Å². The minimum absolute atomic E-state index is 0.0113. The van der Waals surface area contributed by atoms with Crippen LogP contribution in [0, 0.1) is 0 Å². The van der Waals surface area contributed by atoms with Gasteiger partial charge in [0.1, 0.15) is 11.5 Å². The van der Waals surface area contributed by atoms with Gasteiger partial charge in [0.25, 0.3) is 0 Å². The van der Waals surface area contributed by atoms with Crippen LogP contribution in [0.2, 0.25) is 0 Å². The maximum absolute atomic E-state index is 10.8. The van der Waals surface area contributed by atoms with E-state index in [1.54, 1.807) is 0 Å². The number of rotatable bonds is 3. The molecule has 1 aliphatic heterocycles. The number of hydrogen-bond donors (Lipinski definition) is 1. The summed E-state index contributed by atoms with van der Waals surface area (Å²) >= 11 is 1.41. The molecular weight excluding hydrogens is 260 g/mol. The van der Waals surface area contributed by atoms with Crippen LogP contribution >= 0.6 is 11.8 Å². The van der Waals surface area contributed by atoms with Crippen molar-refractivity contribution in [2.75, 3.05) is 5.75 Å². The maximum atomic E-state index is 10.8. The molecular formula is C15H12O3S. The number of thioether (sulfide) groups is 1. The lowest BCUT2D eigenvalue weighted by Gasteiger charge is -2.27. The first kappa shape index (κ1) is 12.1. The monoisotopic (exact) mass is 272 g/mol. The Morgan fingerprint density at radius 1 is 1.05 bits per heavy atom. The molecule has 0 aliphatic carbocycles. The Kier molecular flexibility index (Phi) is 3.17. The van der Waals surface area contributed by atoms with Gasteiger partial charge in [-0.05, 0) is 12.1 Å². The molecule has 0 unspecified atom stereocenters. The van der Waals surface area contributed by atoms with Crippen molar-refractivity contribution in [3.8, 4) is 11.5 Å². The number of ether oxygens (including phenoxy) is 1. The van der Waals surface area contributed by atoms with Gasteiger partial charge >= 0.3 is 5.97 Å². The number of carboxylic acid groups (broad SMARTS) is 1. The Bertz CT molecular complexity index is 579. The van der Waals surface area contributed by atoms with Gasteiger partial charge in [-0.2, -0.15) is 0 Å². The van der Waals surface area contributed by atoms with E-state index in [1.807, 2.05) is 48.5 Å². The molecule has 19 heavy (non-hydrogen) atoms. The molecule has 2 aromatic carbocycles. The van der Waals surface area contributed by atoms with Crippen molar-refractivity contribution in [2.45, 2.75) is 5.25 Å². The highest BCUT2D eigenvalue weighted by Gasteiger charge is 2.27. The Balaban J connectivity index is 2.03. The van der Waals surface area contributed by atoms with Gasteiger partial charge in [-0.3, -0.25) is 4.79 Å². The molecule has 0 atom stereocenters. The highest BCUT2D eigenvalue weighted by atomic mass is 32.2. The first-order chi connectivity index (χ1) is 9.25. The first-order valence-corrected chi connectivity index (χ1v) is 6.99. The molecule has 3 nitrogen and oxygen atoms in total. The third-order valence-corrected chi connectivity index (χ3v) is 4.25. The molecule has 3 rings (SSSR count). The minimum Gasteiger partial charge on any atom is -0.481 e. The second kappa shape index (κ2) is 4.97. The van der Waals surface area contributed by atoms with Crippen LogP contribution in [0.25, 0.3) is 0 Å². The lowest BCUT2D eigenvalue weighted by molar-refractivity contribution is -0.133. The van der Waals surface area contributed by atoms with Gasteiger partial charge < -0.3 is 9.84 Å². The maximum Gasteiger partial charge on any atom is 0.313 e. The topological polar surface area (TPSA) is 46.5 Å². The number of benzene rings is 2. The predicted molar refractivity (Wildman–Crippen MR) is 74.9 cm³/mol. The molecule has 1 N–H and O–H groups in total. The van der Waals surface area contributed by atoms with Crippen LogP contribution < -0.4 is 4.74 Å². The number of carbonyl (C=O) groups is 1. The van der Waals surface area contributed by atoms with E-state index in [2.05, 4.69) is 0 Å². The fourth-order valence-corrected chi connectivity index (χ4v) is 3.26. The van der Waals surface area contributed by atoms with Gasteiger partial charge in [-0.15, -0.1) is 11.8 Å². The zero-order valence-corrected chi connectivity index (χ0v) is 10.9. The highest BCUT2D eigenvalue weighted by Crippen LogP contribution is 2.48. The van der Waals surface area contributed by atoms with E-state index in [4.69, 9.17) is 9.84 Å². The SMILES string of the molecule is O=C(O)CSC1c2ccccc2Oc2ccccc21. The molecule has 0 aromatic heterocycles. The summed E-state index contributed by atoms with van der Waals surface area (Å²) < 4.78 is 5.85. The van der Waals surface area contributed by atoms with Crippen LogP contribution in [-0.2, 0) is 4.79 Å². The molecule has 0 saturated carbocycles. The molecule has 1 aliphatic rings. The number of hydrogen-bond acceptors (Lipinski definition) is 3. The quantitative estimate of drug-likeness (QED) is 0.925. The van der Waals surface area contributed by atoms with Gasteiger partial charge in [0.05, 0.1) is 11.0 Å². The van der Waals surface area contributed by atoms with E-state index in [0.717, 1.165) is 22.6 Å². The smallest absolute Gasteiger partial charge is 0.313 e. The summed E-state index contributed by atoms with van der Waals surface area (Å²) in [6.45, 7) is 0. The average Bonchev–Trinajstić information content (AvgIpc) is 2.43. The molecule has 4 heteroatoms. The standard InChI is InChI=1S/C15H12O3S/c16-14(17)9-19-15-10-5-1-3-7-12(10)18-13-8-4-2-6-11(13)15/h1-8,15H,9H2,(H,16,17). The molecule has 1 heterocycles. The molecule has 0 bridgehead atoms. The largest absolute Gasteiger partial charge is 0.481 e. The van der Waals surface area contributed by atoms with Crippen molar-refractivity contribution in [1.29, 1.82) is 0 Å². The summed E-state index contributed by atoms with van der Waals surface area (Å²) in [6, 6.07) is 15.6. The number of fused-ring (bicyclic) bond motifs is 2. The summed E-state index contributed by atoms with van der Waals surface area (Å²) in [5.74, 6) is 0.896. The van der Waals surface area contributed by atoms with Crippen molar-refractivity contribution in [3.05, 3.63) is 59.7 Å². The van der Waals surface area contributed by atoms with Gasteiger partial charge in [0.2, 0.25) is 0 Å². The van der Waals surface area contributed by atoms with Crippen molar-refractivity contribution in [1.82, 2.24) is 0 Å². The minimum atomic E-state index is -0.800. The fourth-order valence-electron chi connectivity index (χ4n) is 2.20. The summed E-state index contributed by atoms with van der Waals surface area (Å²) in [5.41, 5.74) is 2.07. The molecule has 0 radical (unpaired) electrons. The lowest BCUT2D eigenvalue weighted by atomic mass is 10.00. The third-order valence-electron chi connectivity index (χ3n) is 3.00. The molecule has 0 spiro atoms. The van der Waals surface area contributed by atoms with Gasteiger partial charge in [0.15, 0.2) is 0 Å². The van der Waals surface area contributed by atoms with Crippen LogP contribution in [0.3, 0.4) is 0 Å². The summed E-state index contributed by atoms with van der Waals surface area (Å²) in [4.78, 5) is 10.8. The number of carboxylic acids is 1. The molecule has 96 valence electrons. The van der Waals surface area contributed by atoms with Gasteiger partial charge in [-0.1, -0.05) is 36.4 Å². The zero-order chi connectivity index (χ0) is 13.2. The van der Waals surface area contributed by atoms with Crippen LogP contribution in [0.15, 0.2) is 48.5 Å². The molecule has 2 aromatic rings. The van der Waals surface area contributed by atoms with Gasteiger partial charge in [0, 0.05) is 11.1 Å². The molecule has 0 fully saturated rings. The van der Waals surface area contributed by atoms with Crippen LogP contribution in [-0.4, -0.2) is 16.8 Å². The lowest BCUT2D eigenvalue weighted by Crippen LogP contribution is -2.10. The van der Waals surface area contributed by atoms with Gasteiger partial charge in [-0.25, -0.2) is 0 Å². The Morgan fingerprint density at radius 2 is 1.58 bits per heavy atom. The number of aliphatic carboxylic acids is 1. The average molecular weight is 272 g/mol. The van der Waals surface area contributed by atoms with E-state index in [-0.39, 0.29) is 11.0 Å². The molecule has 0 amide bonds. The summed E-state index contributed by atoms with van der Waals surface area (Å²) in [7, 11) is 0. The van der Waals surface area contributed by atoms with Crippen molar-refractivity contribution >= 4 is 17.7 Å². The summed E-state index contributed by atoms with van der Waals surface area (Å²) in [5, 5.41) is 8.90. The van der Waals surface area contributed by atoms with E-state index in [9.17, 15) is 4.79 Å². The van der Waals surface area contributed by atoms with Crippen LogP contribution in [0.1, 0.15) is 16.4 Å². The first-order valence-electron chi connectivity index (χ1n) is 5.95. The van der Waals surface area contributed by atoms with E-state index < -0.39 is 5.97 Å². The molecule has 0 saturated heterocycles. The van der Waals surface area contributed by atoms with Crippen molar-refractivity contribution in [3.63, 3.8) is 0 Å². The highest BCUT2D eigenvalue weighted by molar-refractivity contribution is 8.00. The van der Waals surface area contributed by atoms with E-state index >= 15 is 0 Å². The third kappa shape index (κ3) is 2.31. The summed E-state index contributed by atoms with van der Waals surface area (Å²) in [6.07, 6.45) is 0.